The number of aromatic nitrogens is 2. The molecule has 0 spiro atoms. The number of nitrogens with zero attached hydrogens (tertiary/aromatic N) is 2. The van der Waals surface area contributed by atoms with E-state index in [9.17, 15) is 0 Å². The molecule has 0 unspecified atom stereocenters. The fourth-order valence-electron chi connectivity index (χ4n) is 2.45. The SMILES string of the molecule is CCCCn1c(CC)nc(-c2ccc(C)c(C)c2)c1N. The Morgan fingerprint density at radius 2 is 1.90 bits per heavy atom. The first-order valence-corrected chi connectivity index (χ1v) is 7.51. The van der Waals surface area contributed by atoms with Gasteiger partial charge in [0, 0.05) is 18.5 Å². The van der Waals surface area contributed by atoms with E-state index in [1.54, 1.807) is 0 Å². The van der Waals surface area contributed by atoms with Crippen molar-refractivity contribution in [3.63, 3.8) is 0 Å². The lowest BCUT2D eigenvalue weighted by Crippen LogP contribution is -2.06. The molecular formula is C17H25N3. The Morgan fingerprint density at radius 3 is 2.50 bits per heavy atom. The van der Waals surface area contributed by atoms with E-state index < -0.39 is 0 Å². The summed E-state index contributed by atoms with van der Waals surface area (Å²) in [5, 5.41) is 0. The van der Waals surface area contributed by atoms with E-state index in [0.717, 1.165) is 42.3 Å². The van der Waals surface area contributed by atoms with Gasteiger partial charge < -0.3 is 10.3 Å². The van der Waals surface area contributed by atoms with E-state index in [-0.39, 0.29) is 0 Å². The number of aryl methyl sites for hydroxylation is 3. The first-order valence-electron chi connectivity index (χ1n) is 7.51. The second-order valence-electron chi connectivity index (χ2n) is 5.42. The van der Waals surface area contributed by atoms with Crippen LogP contribution in [0.15, 0.2) is 18.2 Å². The third kappa shape index (κ3) is 2.72. The lowest BCUT2D eigenvalue weighted by atomic mass is 10.0. The molecule has 0 amide bonds. The van der Waals surface area contributed by atoms with Gasteiger partial charge in [-0.25, -0.2) is 4.98 Å². The largest absolute Gasteiger partial charge is 0.383 e. The minimum Gasteiger partial charge on any atom is -0.383 e. The van der Waals surface area contributed by atoms with Crippen LogP contribution in [0.5, 0.6) is 0 Å². The zero-order valence-electron chi connectivity index (χ0n) is 13.0. The van der Waals surface area contributed by atoms with Crippen molar-refractivity contribution in [3.05, 3.63) is 35.2 Å². The molecule has 2 rings (SSSR count). The summed E-state index contributed by atoms with van der Waals surface area (Å²) < 4.78 is 2.17. The molecule has 2 N–H and O–H groups in total. The number of nitrogens with two attached hydrogens (primary N) is 1. The Balaban J connectivity index is 2.46. The fraction of sp³-hybridized carbons (Fsp3) is 0.471. The smallest absolute Gasteiger partial charge is 0.131 e. The van der Waals surface area contributed by atoms with Crippen LogP contribution in [0.25, 0.3) is 11.3 Å². The number of unbranched alkanes of at least 4 members (excludes halogenated alkanes) is 1. The highest BCUT2D eigenvalue weighted by molar-refractivity contribution is 5.72. The quantitative estimate of drug-likeness (QED) is 0.889. The molecule has 1 aromatic carbocycles. The van der Waals surface area contributed by atoms with Crippen LogP contribution in [0.1, 0.15) is 43.6 Å². The predicted molar refractivity (Wildman–Crippen MR) is 85.8 cm³/mol. The van der Waals surface area contributed by atoms with E-state index in [4.69, 9.17) is 10.7 Å². The Labute approximate surface area is 121 Å². The van der Waals surface area contributed by atoms with Gasteiger partial charge in [-0.05, 0) is 37.5 Å². The third-order valence-corrected chi connectivity index (χ3v) is 3.92. The molecule has 2 aromatic rings. The number of rotatable bonds is 5. The number of hydrogen-bond acceptors (Lipinski definition) is 2. The van der Waals surface area contributed by atoms with Crippen molar-refractivity contribution < 1.29 is 0 Å². The lowest BCUT2D eigenvalue weighted by molar-refractivity contribution is 0.612. The van der Waals surface area contributed by atoms with E-state index in [1.165, 1.54) is 17.5 Å². The highest BCUT2D eigenvalue weighted by Gasteiger charge is 2.15. The summed E-state index contributed by atoms with van der Waals surface area (Å²) in [4.78, 5) is 4.76. The zero-order valence-corrected chi connectivity index (χ0v) is 13.0. The van der Waals surface area contributed by atoms with Gasteiger partial charge >= 0.3 is 0 Å². The highest BCUT2D eigenvalue weighted by Crippen LogP contribution is 2.28. The van der Waals surface area contributed by atoms with Crippen LogP contribution < -0.4 is 5.73 Å². The second kappa shape index (κ2) is 6.12. The molecule has 3 nitrogen and oxygen atoms in total. The molecule has 108 valence electrons. The molecule has 0 radical (unpaired) electrons. The van der Waals surface area contributed by atoms with Gasteiger partial charge in [-0.2, -0.15) is 0 Å². The summed E-state index contributed by atoms with van der Waals surface area (Å²) in [6, 6.07) is 6.43. The molecule has 0 aliphatic heterocycles. The van der Waals surface area contributed by atoms with Crippen LogP contribution in [0.3, 0.4) is 0 Å². The lowest BCUT2D eigenvalue weighted by Gasteiger charge is -2.08. The molecular weight excluding hydrogens is 246 g/mol. The molecule has 1 heterocycles. The Hall–Kier alpha value is -1.77. The number of imidazole rings is 1. The van der Waals surface area contributed by atoms with Gasteiger partial charge in [0.25, 0.3) is 0 Å². The molecule has 20 heavy (non-hydrogen) atoms. The maximum Gasteiger partial charge on any atom is 0.131 e. The van der Waals surface area contributed by atoms with Gasteiger partial charge in [0.2, 0.25) is 0 Å². The summed E-state index contributed by atoms with van der Waals surface area (Å²) >= 11 is 0. The molecule has 0 saturated heterocycles. The van der Waals surface area contributed by atoms with Crippen molar-refractivity contribution in [3.8, 4) is 11.3 Å². The molecule has 0 fully saturated rings. The van der Waals surface area contributed by atoms with Crippen LogP contribution in [-0.2, 0) is 13.0 Å². The third-order valence-electron chi connectivity index (χ3n) is 3.92. The number of hydrogen-bond donors (Lipinski definition) is 1. The fourth-order valence-corrected chi connectivity index (χ4v) is 2.45. The summed E-state index contributed by atoms with van der Waals surface area (Å²) in [5.41, 5.74) is 11.0. The average molecular weight is 271 g/mol. The van der Waals surface area contributed by atoms with Gasteiger partial charge in [-0.3, -0.25) is 0 Å². The second-order valence-corrected chi connectivity index (χ2v) is 5.42. The van der Waals surface area contributed by atoms with Crippen molar-refractivity contribution in [2.24, 2.45) is 0 Å². The number of nitrogen functional groups attached to an aromatic ring is 1. The van der Waals surface area contributed by atoms with Gasteiger partial charge in [0.05, 0.1) is 0 Å². The monoisotopic (exact) mass is 271 g/mol. The van der Waals surface area contributed by atoms with Crippen molar-refractivity contribution in [2.75, 3.05) is 5.73 Å². The first kappa shape index (κ1) is 14.6. The summed E-state index contributed by atoms with van der Waals surface area (Å²) in [6.07, 6.45) is 3.22. The molecule has 1 aromatic heterocycles. The summed E-state index contributed by atoms with van der Waals surface area (Å²) in [6.45, 7) is 9.55. The zero-order chi connectivity index (χ0) is 14.7. The Kier molecular flexibility index (Phi) is 4.48. The highest BCUT2D eigenvalue weighted by atomic mass is 15.1. The van der Waals surface area contributed by atoms with Crippen LogP contribution >= 0.6 is 0 Å². The Bertz CT molecular complexity index is 597. The van der Waals surface area contributed by atoms with Crippen LogP contribution in [0.4, 0.5) is 5.82 Å². The molecule has 0 saturated carbocycles. The topological polar surface area (TPSA) is 43.8 Å². The normalized spacial score (nSPS) is 11.0. The molecule has 3 heteroatoms. The van der Waals surface area contributed by atoms with Crippen LogP contribution in [0.2, 0.25) is 0 Å². The Morgan fingerprint density at radius 1 is 1.15 bits per heavy atom. The van der Waals surface area contributed by atoms with Gasteiger partial charge in [-0.15, -0.1) is 0 Å². The molecule has 0 aliphatic rings. The molecule has 0 aliphatic carbocycles. The summed E-state index contributed by atoms with van der Waals surface area (Å²) in [5.74, 6) is 1.89. The van der Waals surface area contributed by atoms with Crippen molar-refractivity contribution in [2.45, 2.75) is 53.5 Å². The minimum absolute atomic E-state index is 0.804. The maximum atomic E-state index is 6.34. The maximum absolute atomic E-state index is 6.34. The van der Waals surface area contributed by atoms with Crippen LogP contribution in [-0.4, -0.2) is 9.55 Å². The average Bonchev–Trinajstić information content (AvgIpc) is 2.76. The molecule has 0 atom stereocenters. The number of benzene rings is 1. The standard InChI is InChI=1S/C17H25N3/c1-5-7-10-20-15(6-2)19-16(17(20)18)14-9-8-12(3)13(4)11-14/h8-9,11H,5-7,10,18H2,1-4H3. The minimum atomic E-state index is 0.804. The molecule has 0 bridgehead atoms. The first-order chi connectivity index (χ1) is 9.58. The summed E-state index contributed by atoms with van der Waals surface area (Å²) in [7, 11) is 0. The van der Waals surface area contributed by atoms with E-state index in [2.05, 4.69) is 50.5 Å². The van der Waals surface area contributed by atoms with E-state index >= 15 is 0 Å². The van der Waals surface area contributed by atoms with Crippen molar-refractivity contribution in [1.82, 2.24) is 9.55 Å². The number of anilines is 1. The van der Waals surface area contributed by atoms with Gasteiger partial charge in [0.15, 0.2) is 0 Å². The van der Waals surface area contributed by atoms with Gasteiger partial charge in [0.1, 0.15) is 17.3 Å². The van der Waals surface area contributed by atoms with Crippen LogP contribution in [0, 0.1) is 13.8 Å². The predicted octanol–water partition coefficient (Wildman–Crippen LogP) is 4.11. The van der Waals surface area contributed by atoms with E-state index in [1.807, 2.05) is 0 Å². The van der Waals surface area contributed by atoms with Gasteiger partial charge in [-0.1, -0.05) is 32.4 Å². The van der Waals surface area contributed by atoms with E-state index in [0.29, 0.717) is 0 Å². The van der Waals surface area contributed by atoms with Crippen molar-refractivity contribution >= 4 is 5.82 Å². The van der Waals surface area contributed by atoms with Crippen molar-refractivity contribution in [1.29, 1.82) is 0 Å².